The minimum Gasteiger partial charge on any atom is -0.457 e. The molecular formula is C25H23BrN2O3. The number of para-hydroxylation sites is 1. The van der Waals surface area contributed by atoms with Crippen molar-refractivity contribution in [1.29, 1.82) is 0 Å². The number of anilines is 2. The van der Waals surface area contributed by atoms with Gasteiger partial charge in [-0.3, -0.25) is 9.59 Å². The average Bonchev–Trinajstić information content (AvgIpc) is 3.12. The Morgan fingerprint density at radius 3 is 2.16 bits per heavy atom. The van der Waals surface area contributed by atoms with Crippen LogP contribution in [0.4, 0.5) is 11.4 Å². The third-order valence-electron chi connectivity index (χ3n) is 5.38. The van der Waals surface area contributed by atoms with E-state index in [1.807, 2.05) is 56.3 Å². The minimum absolute atomic E-state index is 0.0178. The molecule has 1 heterocycles. The van der Waals surface area contributed by atoms with E-state index >= 15 is 0 Å². The lowest BCUT2D eigenvalue weighted by Crippen LogP contribution is -2.29. The molecule has 0 unspecified atom stereocenters. The molecule has 1 aliphatic heterocycles. The molecular weight excluding hydrogens is 456 g/mol. The summed E-state index contributed by atoms with van der Waals surface area (Å²) in [6, 6.07) is 20.7. The summed E-state index contributed by atoms with van der Waals surface area (Å²) in [6.07, 6.45) is 0.213. The number of hydrogen-bond acceptors (Lipinski definition) is 3. The van der Waals surface area contributed by atoms with Gasteiger partial charge in [-0.2, -0.15) is 0 Å². The molecule has 0 aliphatic carbocycles. The normalized spacial score (nSPS) is 15.8. The number of rotatable bonds is 5. The smallest absolute Gasteiger partial charge is 0.229 e. The second kappa shape index (κ2) is 8.94. The predicted molar refractivity (Wildman–Crippen MR) is 126 cm³/mol. The van der Waals surface area contributed by atoms with Crippen LogP contribution < -0.4 is 15.0 Å². The highest BCUT2D eigenvalue weighted by atomic mass is 79.9. The molecule has 3 aromatic rings. The molecule has 0 saturated carbocycles. The third-order valence-corrected chi connectivity index (χ3v) is 5.91. The summed E-state index contributed by atoms with van der Waals surface area (Å²) >= 11 is 3.40. The van der Waals surface area contributed by atoms with E-state index in [4.69, 9.17) is 4.74 Å². The molecule has 4 rings (SSSR count). The van der Waals surface area contributed by atoms with Gasteiger partial charge in [-0.15, -0.1) is 0 Å². The highest BCUT2D eigenvalue weighted by Crippen LogP contribution is 2.31. The van der Waals surface area contributed by atoms with E-state index in [9.17, 15) is 9.59 Å². The molecule has 1 aliphatic rings. The van der Waals surface area contributed by atoms with E-state index in [2.05, 4.69) is 21.2 Å². The first-order valence-electron chi connectivity index (χ1n) is 10.1. The average molecular weight is 479 g/mol. The van der Waals surface area contributed by atoms with Crippen molar-refractivity contribution in [2.24, 2.45) is 5.92 Å². The third kappa shape index (κ3) is 4.80. The van der Waals surface area contributed by atoms with Crippen LogP contribution in [0, 0.1) is 19.8 Å². The van der Waals surface area contributed by atoms with Crippen LogP contribution >= 0.6 is 15.9 Å². The number of amides is 2. The fraction of sp³-hybridized carbons (Fsp3) is 0.200. The van der Waals surface area contributed by atoms with E-state index in [1.165, 1.54) is 0 Å². The molecule has 6 heteroatoms. The van der Waals surface area contributed by atoms with Crippen LogP contribution in [0.1, 0.15) is 17.5 Å². The zero-order valence-electron chi connectivity index (χ0n) is 17.4. The quantitative estimate of drug-likeness (QED) is 0.500. The summed E-state index contributed by atoms with van der Waals surface area (Å²) in [4.78, 5) is 27.1. The predicted octanol–water partition coefficient (Wildman–Crippen LogP) is 5.85. The Balaban J connectivity index is 1.39. The lowest BCUT2D eigenvalue weighted by molar-refractivity contribution is -0.122. The lowest BCUT2D eigenvalue weighted by atomic mass is 10.1. The van der Waals surface area contributed by atoms with Gasteiger partial charge in [0.1, 0.15) is 11.5 Å². The van der Waals surface area contributed by atoms with Gasteiger partial charge in [-0.05, 0) is 73.5 Å². The summed E-state index contributed by atoms with van der Waals surface area (Å²) in [5.41, 5.74) is 3.66. The molecule has 0 bridgehead atoms. The van der Waals surface area contributed by atoms with Crippen molar-refractivity contribution >= 4 is 39.1 Å². The summed E-state index contributed by atoms with van der Waals surface area (Å²) < 4.78 is 6.79. The van der Waals surface area contributed by atoms with Crippen molar-refractivity contribution in [3.63, 3.8) is 0 Å². The fourth-order valence-electron chi connectivity index (χ4n) is 3.82. The van der Waals surface area contributed by atoms with Crippen molar-refractivity contribution in [3.8, 4) is 11.5 Å². The van der Waals surface area contributed by atoms with E-state index < -0.39 is 0 Å². The molecule has 1 saturated heterocycles. The van der Waals surface area contributed by atoms with Crippen LogP contribution in [0.3, 0.4) is 0 Å². The van der Waals surface area contributed by atoms with Gasteiger partial charge in [0, 0.05) is 28.8 Å². The summed E-state index contributed by atoms with van der Waals surface area (Å²) in [5, 5.41) is 2.92. The summed E-state index contributed by atoms with van der Waals surface area (Å²) in [6.45, 7) is 4.36. The first-order valence-corrected chi connectivity index (χ1v) is 10.9. The van der Waals surface area contributed by atoms with Crippen molar-refractivity contribution in [3.05, 3.63) is 82.3 Å². The molecule has 0 spiro atoms. The SMILES string of the molecule is Cc1cccc(C)c1N1C[C@@H](C(=O)Nc2ccc(Oc3ccc(Br)cc3)cc2)CC1=O. The fourth-order valence-corrected chi connectivity index (χ4v) is 4.08. The molecule has 0 radical (unpaired) electrons. The topological polar surface area (TPSA) is 58.6 Å². The Morgan fingerprint density at radius 1 is 0.968 bits per heavy atom. The van der Waals surface area contributed by atoms with E-state index in [0.717, 1.165) is 27.0 Å². The van der Waals surface area contributed by atoms with Gasteiger partial charge >= 0.3 is 0 Å². The first kappa shape index (κ1) is 21.1. The van der Waals surface area contributed by atoms with Gasteiger partial charge in [0.05, 0.1) is 5.92 Å². The summed E-state index contributed by atoms with van der Waals surface area (Å²) in [7, 11) is 0. The molecule has 1 N–H and O–H groups in total. The summed E-state index contributed by atoms with van der Waals surface area (Å²) in [5.74, 6) is 0.860. The lowest BCUT2D eigenvalue weighted by Gasteiger charge is -2.21. The van der Waals surface area contributed by atoms with Gasteiger partial charge < -0.3 is 15.0 Å². The Hall–Kier alpha value is -3.12. The number of halogens is 1. The highest BCUT2D eigenvalue weighted by Gasteiger charge is 2.36. The maximum absolute atomic E-state index is 12.8. The zero-order chi connectivity index (χ0) is 22.0. The van der Waals surface area contributed by atoms with Crippen LogP contribution in [0.25, 0.3) is 0 Å². The number of ether oxygens (including phenoxy) is 1. The standard InChI is InChI=1S/C25H23BrN2O3/c1-16-4-3-5-17(2)24(16)28-15-18(14-23(28)29)25(30)27-20-8-12-22(13-9-20)31-21-10-6-19(26)7-11-21/h3-13,18H,14-15H2,1-2H3,(H,27,30)/t18-/m0/s1. The van der Waals surface area contributed by atoms with Crippen LogP contribution in [0.15, 0.2) is 71.2 Å². The monoisotopic (exact) mass is 478 g/mol. The maximum Gasteiger partial charge on any atom is 0.229 e. The van der Waals surface area contributed by atoms with Crippen LogP contribution in [0.2, 0.25) is 0 Å². The molecule has 0 aromatic heterocycles. The van der Waals surface area contributed by atoms with E-state index in [0.29, 0.717) is 18.0 Å². The number of nitrogens with zero attached hydrogens (tertiary/aromatic N) is 1. The maximum atomic E-state index is 12.8. The van der Waals surface area contributed by atoms with Crippen LogP contribution in [0.5, 0.6) is 11.5 Å². The first-order chi connectivity index (χ1) is 14.9. The van der Waals surface area contributed by atoms with E-state index in [-0.39, 0.29) is 24.2 Å². The van der Waals surface area contributed by atoms with Gasteiger partial charge in [-0.1, -0.05) is 34.1 Å². The molecule has 31 heavy (non-hydrogen) atoms. The largest absolute Gasteiger partial charge is 0.457 e. The minimum atomic E-state index is -0.384. The second-order valence-corrected chi connectivity index (χ2v) is 8.63. The van der Waals surface area contributed by atoms with Crippen LogP contribution in [-0.4, -0.2) is 18.4 Å². The number of carbonyl (C=O) groups excluding carboxylic acids is 2. The number of hydrogen-bond donors (Lipinski definition) is 1. The second-order valence-electron chi connectivity index (χ2n) is 7.72. The number of nitrogens with one attached hydrogen (secondary N) is 1. The Kier molecular flexibility index (Phi) is 6.09. The van der Waals surface area contributed by atoms with Crippen molar-refractivity contribution in [1.82, 2.24) is 0 Å². The molecule has 5 nitrogen and oxygen atoms in total. The van der Waals surface area contributed by atoms with E-state index in [1.54, 1.807) is 29.2 Å². The van der Waals surface area contributed by atoms with Gasteiger partial charge in [0.25, 0.3) is 0 Å². The van der Waals surface area contributed by atoms with Gasteiger partial charge in [0.2, 0.25) is 11.8 Å². The molecule has 1 atom stereocenters. The highest BCUT2D eigenvalue weighted by molar-refractivity contribution is 9.10. The number of carbonyl (C=O) groups is 2. The number of benzene rings is 3. The van der Waals surface area contributed by atoms with Crippen LogP contribution in [-0.2, 0) is 9.59 Å². The van der Waals surface area contributed by atoms with Crippen molar-refractivity contribution in [2.75, 3.05) is 16.8 Å². The molecule has 1 fully saturated rings. The zero-order valence-corrected chi connectivity index (χ0v) is 19.0. The number of aryl methyl sites for hydroxylation is 2. The Labute approximate surface area is 190 Å². The Morgan fingerprint density at radius 2 is 1.55 bits per heavy atom. The Bertz CT molecular complexity index is 1090. The molecule has 3 aromatic carbocycles. The van der Waals surface area contributed by atoms with Crippen molar-refractivity contribution < 1.29 is 14.3 Å². The van der Waals surface area contributed by atoms with Gasteiger partial charge in [-0.25, -0.2) is 0 Å². The van der Waals surface area contributed by atoms with Crippen molar-refractivity contribution in [2.45, 2.75) is 20.3 Å². The molecule has 2 amide bonds. The molecule has 158 valence electrons. The van der Waals surface area contributed by atoms with Gasteiger partial charge in [0.15, 0.2) is 0 Å².